The molecular weight excluding hydrogens is 174 g/mol. The molecule has 0 aliphatic heterocycles. The standard InChI is InChI=1S/C10H11NO.C2H6/c1-3-5-9(4-2)8-10-11-6-7-12-10;1-2/h3-7H,1-2,8H2;1-2H3/b9-5+;. The second-order valence-corrected chi connectivity index (χ2v) is 2.28. The van der Waals surface area contributed by atoms with Crippen molar-refractivity contribution in [3.8, 4) is 0 Å². The van der Waals surface area contributed by atoms with Crippen molar-refractivity contribution in [2.45, 2.75) is 20.3 Å². The summed E-state index contributed by atoms with van der Waals surface area (Å²) in [6, 6.07) is 0. The van der Waals surface area contributed by atoms with Crippen LogP contribution in [0.25, 0.3) is 0 Å². The third-order valence-corrected chi connectivity index (χ3v) is 1.43. The summed E-state index contributed by atoms with van der Waals surface area (Å²) in [6.07, 6.45) is 9.24. The lowest BCUT2D eigenvalue weighted by atomic mass is 10.2. The van der Waals surface area contributed by atoms with Crippen LogP contribution in [0, 0.1) is 0 Å². The van der Waals surface area contributed by atoms with E-state index in [4.69, 9.17) is 4.42 Å². The average molecular weight is 191 g/mol. The van der Waals surface area contributed by atoms with Crippen LogP contribution in [0.5, 0.6) is 0 Å². The molecule has 0 fully saturated rings. The van der Waals surface area contributed by atoms with Gasteiger partial charge in [0, 0.05) is 6.42 Å². The molecule has 0 atom stereocenters. The van der Waals surface area contributed by atoms with Crippen molar-refractivity contribution in [2.24, 2.45) is 0 Å². The first-order valence-corrected chi connectivity index (χ1v) is 4.69. The van der Waals surface area contributed by atoms with Crippen molar-refractivity contribution in [3.05, 3.63) is 55.3 Å². The highest BCUT2D eigenvalue weighted by Gasteiger charge is 1.98. The quantitative estimate of drug-likeness (QED) is 0.680. The Hall–Kier alpha value is -1.57. The second kappa shape index (κ2) is 8.05. The van der Waals surface area contributed by atoms with Crippen LogP contribution in [0.1, 0.15) is 19.7 Å². The van der Waals surface area contributed by atoms with Crippen molar-refractivity contribution >= 4 is 0 Å². The molecule has 1 heterocycles. The Morgan fingerprint density at radius 1 is 1.50 bits per heavy atom. The van der Waals surface area contributed by atoms with Crippen LogP contribution in [0.3, 0.4) is 0 Å². The Bertz CT molecular complexity index is 283. The van der Waals surface area contributed by atoms with Crippen molar-refractivity contribution in [3.63, 3.8) is 0 Å². The number of aromatic nitrogens is 1. The summed E-state index contributed by atoms with van der Waals surface area (Å²) in [5.41, 5.74) is 1.05. The monoisotopic (exact) mass is 191 g/mol. The molecule has 0 aliphatic rings. The molecule has 0 amide bonds. The van der Waals surface area contributed by atoms with Crippen LogP contribution < -0.4 is 0 Å². The van der Waals surface area contributed by atoms with Gasteiger partial charge in [-0.15, -0.1) is 0 Å². The van der Waals surface area contributed by atoms with E-state index in [2.05, 4.69) is 18.1 Å². The minimum absolute atomic E-state index is 0.669. The molecule has 0 radical (unpaired) electrons. The van der Waals surface area contributed by atoms with E-state index in [9.17, 15) is 0 Å². The molecule has 0 saturated carbocycles. The first-order valence-electron chi connectivity index (χ1n) is 4.69. The summed E-state index contributed by atoms with van der Waals surface area (Å²) in [6.45, 7) is 11.3. The molecule has 14 heavy (non-hydrogen) atoms. The van der Waals surface area contributed by atoms with Crippen molar-refractivity contribution in [2.75, 3.05) is 0 Å². The third kappa shape index (κ3) is 4.45. The zero-order valence-electron chi connectivity index (χ0n) is 8.86. The Kier molecular flexibility index (Phi) is 7.15. The van der Waals surface area contributed by atoms with Crippen LogP contribution >= 0.6 is 0 Å². The van der Waals surface area contributed by atoms with Gasteiger partial charge in [0.25, 0.3) is 0 Å². The van der Waals surface area contributed by atoms with Gasteiger partial charge in [-0.05, 0) is 5.57 Å². The summed E-state index contributed by atoms with van der Waals surface area (Å²) in [5, 5.41) is 0. The van der Waals surface area contributed by atoms with Gasteiger partial charge < -0.3 is 4.42 Å². The number of allylic oxidation sites excluding steroid dienone is 4. The van der Waals surface area contributed by atoms with E-state index in [1.807, 2.05) is 19.9 Å². The molecule has 2 nitrogen and oxygen atoms in total. The summed E-state index contributed by atoms with van der Waals surface area (Å²) >= 11 is 0. The van der Waals surface area contributed by atoms with E-state index in [0.717, 1.165) is 5.57 Å². The lowest BCUT2D eigenvalue weighted by Gasteiger charge is -1.94. The van der Waals surface area contributed by atoms with Gasteiger partial charge in [0.2, 0.25) is 0 Å². The van der Waals surface area contributed by atoms with Crippen LogP contribution in [0.4, 0.5) is 0 Å². The second-order valence-electron chi connectivity index (χ2n) is 2.28. The van der Waals surface area contributed by atoms with E-state index < -0.39 is 0 Å². The fourth-order valence-electron chi connectivity index (χ4n) is 0.865. The van der Waals surface area contributed by atoms with Crippen molar-refractivity contribution in [1.29, 1.82) is 0 Å². The molecule has 0 bridgehead atoms. The molecule has 1 aromatic heterocycles. The van der Waals surface area contributed by atoms with Gasteiger partial charge in [-0.3, -0.25) is 0 Å². The van der Waals surface area contributed by atoms with Crippen molar-refractivity contribution < 1.29 is 4.42 Å². The predicted molar refractivity (Wildman–Crippen MR) is 60.0 cm³/mol. The van der Waals surface area contributed by atoms with E-state index >= 15 is 0 Å². The Morgan fingerprint density at radius 3 is 2.64 bits per heavy atom. The highest BCUT2D eigenvalue weighted by molar-refractivity contribution is 5.23. The Morgan fingerprint density at radius 2 is 2.21 bits per heavy atom. The van der Waals surface area contributed by atoms with Crippen LogP contribution in [-0.2, 0) is 6.42 Å². The van der Waals surface area contributed by atoms with Gasteiger partial charge >= 0.3 is 0 Å². The number of rotatable bonds is 4. The third-order valence-electron chi connectivity index (χ3n) is 1.43. The van der Waals surface area contributed by atoms with Gasteiger partial charge in [0.05, 0.1) is 6.20 Å². The molecule has 1 aromatic rings. The minimum Gasteiger partial charge on any atom is -0.449 e. The van der Waals surface area contributed by atoms with E-state index in [-0.39, 0.29) is 0 Å². The summed E-state index contributed by atoms with van der Waals surface area (Å²) < 4.78 is 5.08. The topological polar surface area (TPSA) is 26.0 Å². The largest absolute Gasteiger partial charge is 0.449 e. The normalized spacial score (nSPS) is 10.0. The van der Waals surface area contributed by atoms with Crippen LogP contribution in [0.15, 0.2) is 53.8 Å². The first kappa shape index (κ1) is 12.4. The summed E-state index contributed by atoms with van der Waals surface area (Å²) in [5.74, 6) is 0.697. The van der Waals surface area contributed by atoms with E-state index in [1.54, 1.807) is 24.6 Å². The summed E-state index contributed by atoms with van der Waals surface area (Å²) in [7, 11) is 0. The molecule has 0 aliphatic carbocycles. The highest BCUT2D eigenvalue weighted by Crippen LogP contribution is 2.06. The van der Waals surface area contributed by atoms with Crippen molar-refractivity contribution in [1.82, 2.24) is 4.98 Å². The molecule has 76 valence electrons. The fourth-order valence-corrected chi connectivity index (χ4v) is 0.865. The number of nitrogens with zero attached hydrogens (tertiary/aromatic N) is 1. The molecule has 0 N–H and O–H groups in total. The SMILES string of the molecule is C=C/C=C(\C=C)Cc1ncco1.CC. The van der Waals surface area contributed by atoms with Gasteiger partial charge in [-0.1, -0.05) is 45.2 Å². The highest BCUT2D eigenvalue weighted by atomic mass is 16.3. The molecule has 2 heteroatoms. The van der Waals surface area contributed by atoms with E-state index in [1.165, 1.54) is 0 Å². The molecule has 0 unspecified atom stereocenters. The van der Waals surface area contributed by atoms with Crippen LogP contribution in [-0.4, -0.2) is 4.98 Å². The maximum Gasteiger partial charge on any atom is 0.198 e. The van der Waals surface area contributed by atoms with Crippen LogP contribution in [0.2, 0.25) is 0 Å². The maximum absolute atomic E-state index is 5.08. The molecule has 0 spiro atoms. The minimum atomic E-state index is 0.669. The maximum atomic E-state index is 5.08. The van der Waals surface area contributed by atoms with Gasteiger partial charge in [0.15, 0.2) is 5.89 Å². The Balaban J connectivity index is 0.000000791. The first-order chi connectivity index (χ1) is 6.86. The summed E-state index contributed by atoms with van der Waals surface area (Å²) in [4.78, 5) is 4.00. The number of hydrogen-bond donors (Lipinski definition) is 0. The average Bonchev–Trinajstić information content (AvgIpc) is 2.73. The smallest absolute Gasteiger partial charge is 0.198 e. The molecule has 0 aromatic carbocycles. The molecule has 0 saturated heterocycles. The zero-order valence-corrected chi connectivity index (χ0v) is 8.86. The molecule has 1 rings (SSSR count). The lowest BCUT2D eigenvalue weighted by Crippen LogP contribution is -1.86. The van der Waals surface area contributed by atoms with Gasteiger partial charge in [-0.25, -0.2) is 4.98 Å². The fraction of sp³-hybridized carbons (Fsp3) is 0.250. The van der Waals surface area contributed by atoms with E-state index in [0.29, 0.717) is 12.3 Å². The number of oxazole rings is 1. The predicted octanol–water partition coefficient (Wildman–Crippen LogP) is 3.54. The lowest BCUT2D eigenvalue weighted by molar-refractivity contribution is 0.507. The number of hydrogen-bond acceptors (Lipinski definition) is 2. The Labute approximate surface area is 85.7 Å². The molecular formula is C12H17NO. The van der Waals surface area contributed by atoms with Gasteiger partial charge in [0.1, 0.15) is 6.26 Å². The van der Waals surface area contributed by atoms with Gasteiger partial charge in [-0.2, -0.15) is 0 Å². The zero-order chi connectivity index (χ0) is 10.8.